The lowest BCUT2D eigenvalue weighted by atomic mass is 9.92. The number of rotatable bonds is 20. The van der Waals surface area contributed by atoms with Crippen molar-refractivity contribution in [3.8, 4) is 23.0 Å². The third-order valence-corrected chi connectivity index (χ3v) is 16.6. The van der Waals surface area contributed by atoms with Crippen LogP contribution in [0.1, 0.15) is 153 Å². The SMILES string of the molecule is O=C1c2ccccc2C(=O)N1CCCOc1cc2cc(c1)Cc1cccc(c1OCCCN1C(=O)c3ccccc3C1=O)Cc1cc(cc(OCCCN3C(=O)c4ccccc4C3=O)c1)Cc1cccc(c1OCCCN1C(=O)c3ccccc3C1=O)C2. The van der Waals surface area contributed by atoms with Gasteiger partial charge in [-0.3, -0.25) is 58.0 Å². The lowest BCUT2D eigenvalue weighted by Gasteiger charge is -2.21. The second-order valence-electron chi connectivity index (χ2n) is 22.5. The minimum Gasteiger partial charge on any atom is -0.494 e. The first-order chi connectivity index (χ1) is 42.9. The molecule has 0 fully saturated rings. The van der Waals surface area contributed by atoms with Gasteiger partial charge in [-0.25, -0.2) is 0 Å². The Labute approximate surface area is 507 Å². The van der Waals surface area contributed by atoms with E-state index >= 15 is 0 Å². The third-order valence-electron chi connectivity index (χ3n) is 16.6. The molecule has 8 bridgehead atoms. The summed E-state index contributed by atoms with van der Waals surface area (Å²) in [5, 5.41) is 0. The number of imide groups is 4. The summed E-state index contributed by atoms with van der Waals surface area (Å²) in [5.74, 6) is -0.151. The largest absolute Gasteiger partial charge is 0.494 e. The van der Waals surface area contributed by atoms with Gasteiger partial charge < -0.3 is 18.9 Å². The van der Waals surface area contributed by atoms with Crippen molar-refractivity contribution in [2.24, 2.45) is 0 Å². The molecule has 0 radical (unpaired) electrons. The van der Waals surface area contributed by atoms with E-state index in [0.29, 0.717) is 119 Å². The van der Waals surface area contributed by atoms with Gasteiger partial charge >= 0.3 is 0 Å². The smallest absolute Gasteiger partial charge is 0.261 e. The van der Waals surface area contributed by atoms with Gasteiger partial charge in [0, 0.05) is 51.9 Å². The number of hydrogen-bond acceptors (Lipinski definition) is 12. The highest BCUT2D eigenvalue weighted by atomic mass is 16.5. The van der Waals surface area contributed by atoms with Gasteiger partial charge in [-0.05, 0) is 143 Å². The van der Waals surface area contributed by atoms with Crippen LogP contribution in [0.25, 0.3) is 0 Å². The van der Waals surface area contributed by atoms with Gasteiger partial charge in [0.25, 0.3) is 47.3 Å². The molecule has 0 spiro atoms. The maximum Gasteiger partial charge on any atom is 0.261 e. The molecule has 1 aliphatic carbocycles. The maximum atomic E-state index is 13.4. The van der Waals surface area contributed by atoms with Crippen LogP contribution in [-0.4, -0.2) is 119 Å². The van der Waals surface area contributed by atoms with E-state index in [4.69, 9.17) is 18.9 Å². The summed E-state index contributed by atoms with van der Waals surface area (Å²) in [7, 11) is 0. The quantitative estimate of drug-likeness (QED) is 0.0520. The van der Waals surface area contributed by atoms with Gasteiger partial charge in [-0.1, -0.05) is 97.1 Å². The first kappa shape index (κ1) is 56.6. The topological polar surface area (TPSA) is 186 Å². The van der Waals surface area contributed by atoms with Crippen LogP contribution >= 0.6 is 0 Å². The molecule has 8 aromatic rings. The summed E-state index contributed by atoms with van der Waals surface area (Å²) >= 11 is 0. The monoisotopic (exact) mass is 1170 g/mol. The van der Waals surface area contributed by atoms with E-state index in [-0.39, 0.29) is 99.9 Å². The van der Waals surface area contributed by atoms with E-state index in [2.05, 4.69) is 12.1 Å². The molecule has 16 nitrogen and oxygen atoms in total. The van der Waals surface area contributed by atoms with E-state index in [1.165, 1.54) is 19.6 Å². The number of fused-ring (bicyclic) bond motifs is 12. The van der Waals surface area contributed by atoms with Crippen LogP contribution < -0.4 is 18.9 Å². The number of carbonyl (C=O) groups is 8. The fourth-order valence-corrected chi connectivity index (χ4v) is 12.5. The zero-order valence-corrected chi connectivity index (χ0v) is 48.2. The summed E-state index contributed by atoms with van der Waals surface area (Å²) in [4.78, 5) is 112. The molecule has 4 aliphatic heterocycles. The van der Waals surface area contributed by atoms with Crippen molar-refractivity contribution in [3.63, 3.8) is 0 Å². The zero-order valence-electron chi connectivity index (χ0n) is 48.2. The molecule has 0 N–H and O–H groups in total. The summed E-state index contributed by atoms with van der Waals surface area (Å²) in [6, 6.07) is 51.6. The Morgan fingerprint density at radius 3 is 0.705 bits per heavy atom. The van der Waals surface area contributed by atoms with Crippen LogP contribution in [0, 0.1) is 0 Å². The second-order valence-corrected chi connectivity index (χ2v) is 22.5. The molecular formula is C72H60N4O12. The van der Waals surface area contributed by atoms with Crippen molar-refractivity contribution in [1.82, 2.24) is 19.6 Å². The first-order valence-electron chi connectivity index (χ1n) is 29.7. The zero-order chi connectivity index (χ0) is 60.4. The molecule has 8 aromatic carbocycles. The van der Waals surface area contributed by atoms with Crippen molar-refractivity contribution in [2.45, 2.75) is 51.4 Å². The van der Waals surface area contributed by atoms with Crippen molar-refractivity contribution in [1.29, 1.82) is 0 Å². The Balaban J connectivity index is 0.811. The number of ether oxygens (including phenoxy) is 4. The summed E-state index contributed by atoms with van der Waals surface area (Å²) in [6.07, 6.45) is 3.13. The molecule has 13 rings (SSSR count). The number of benzene rings is 8. The van der Waals surface area contributed by atoms with E-state index in [9.17, 15) is 38.4 Å². The van der Waals surface area contributed by atoms with Crippen molar-refractivity contribution in [3.05, 3.63) is 259 Å². The molecule has 16 heteroatoms. The van der Waals surface area contributed by atoms with Crippen LogP contribution in [-0.2, 0) is 25.7 Å². The Kier molecular flexibility index (Phi) is 15.8. The molecule has 5 aliphatic rings. The molecule has 0 unspecified atom stereocenters. The Hall–Kier alpha value is -10.5. The Bertz CT molecular complexity index is 3700. The molecule has 0 aromatic heterocycles. The van der Waals surface area contributed by atoms with Crippen molar-refractivity contribution in [2.75, 3.05) is 52.6 Å². The van der Waals surface area contributed by atoms with E-state index in [1.807, 2.05) is 60.7 Å². The second kappa shape index (κ2) is 24.5. The fourth-order valence-electron chi connectivity index (χ4n) is 12.5. The normalized spacial score (nSPS) is 14.8. The van der Waals surface area contributed by atoms with Crippen LogP contribution in [0.15, 0.2) is 170 Å². The van der Waals surface area contributed by atoms with Crippen LogP contribution in [0.5, 0.6) is 23.0 Å². The third kappa shape index (κ3) is 11.2. The predicted molar refractivity (Wildman–Crippen MR) is 325 cm³/mol. The Morgan fingerprint density at radius 2 is 0.477 bits per heavy atom. The number of hydrogen-bond donors (Lipinski definition) is 0. The van der Waals surface area contributed by atoms with Gasteiger partial charge in [0.1, 0.15) is 23.0 Å². The van der Waals surface area contributed by atoms with Crippen LogP contribution in [0.4, 0.5) is 0 Å². The average Bonchev–Trinajstić information content (AvgIpc) is 3.07. The van der Waals surface area contributed by atoms with Crippen LogP contribution in [0.2, 0.25) is 0 Å². The molecule has 0 saturated carbocycles. The molecule has 88 heavy (non-hydrogen) atoms. The van der Waals surface area contributed by atoms with Crippen molar-refractivity contribution >= 4 is 47.3 Å². The first-order valence-corrected chi connectivity index (χ1v) is 29.7. The van der Waals surface area contributed by atoms with Gasteiger partial charge in [-0.2, -0.15) is 0 Å². The van der Waals surface area contributed by atoms with E-state index in [1.54, 1.807) is 97.1 Å². The number of amides is 8. The minimum atomic E-state index is -0.331. The molecule has 0 saturated heterocycles. The van der Waals surface area contributed by atoms with Gasteiger partial charge in [0.15, 0.2) is 0 Å². The predicted octanol–water partition coefficient (Wildman–Crippen LogP) is 10.6. The van der Waals surface area contributed by atoms with Crippen LogP contribution in [0.3, 0.4) is 0 Å². The Morgan fingerprint density at radius 1 is 0.261 bits per heavy atom. The lowest BCUT2D eigenvalue weighted by molar-refractivity contribution is 0.0630. The maximum absolute atomic E-state index is 13.4. The molecule has 4 heterocycles. The fraction of sp³-hybridized carbons (Fsp3) is 0.222. The van der Waals surface area contributed by atoms with E-state index in [0.717, 1.165) is 44.5 Å². The highest BCUT2D eigenvalue weighted by Gasteiger charge is 2.38. The molecule has 440 valence electrons. The standard InChI is InChI=1S/C72H60N4O12/c77-65-55-19-1-2-20-56(55)66(78)73(65)27-11-31-85-53-41-45-35-46(42-53)38-50-16-10-18-52(64(50)88-34-14-30-76-71(83)61-25-7-8-26-62(61)72(76)84)40-48-36-47(43-54(44-48)86-32-12-28-74-67(79)57-21-3-4-22-58(57)68(74)80)39-51-17-9-15-49(37-45)63(51)87-33-13-29-75-69(81)59-23-5-6-24-60(59)70(75)82/h1-10,15-26,35-36,41-44H,11-14,27-34,37-40H2. The highest BCUT2D eigenvalue weighted by Crippen LogP contribution is 2.36. The van der Waals surface area contributed by atoms with Gasteiger partial charge in [-0.15, -0.1) is 0 Å². The number of nitrogens with zero attached hydrogens (tertiary/aromatic N) is 4. The summed E-state index contributed by atoms with van der Waals surface area (Å²) in [5.41, 5.74) is 10.2. The van der Waals surface area contributed by atoms with Gasteiger partial charge in [0.2, 0.25) is 0 Å². The molecule has 0 atom stereocenters. The van der Waals surface area contributed by atoms with Crippen molar-refractivity contribution < 1.29 is 57.3 Å². The highest BCUT2D eigenvalue weighted by molar-refractivity contribution is 6.23. The number of carbonyl (C=O) groups excluding carboxylic acids is 8. The summed E-state index contributed by atoms with van der Waals surface area (Å²) < 4.78 is 26.7. The lowest BCUT2D eigenvalue weighted by Crippen LogP contribution is -2.31. The van der Waals surface area contributed by atoms with E-state index < -0.39 is 0 Å². The molecule has 8 amide bonds. The van der Waals surface area contributed by atoms with Gasteiger partial charge in [0.05, 0.1) is 70.9 Å². The average molecular weight is 1170 g/mol. The summed E-state index contributed by atoms with van der Waals surface area (Å²) in [6.45, 7) is 1.47. The minimum absolute atomic E-state index is 0.161. The number of para-hydroxylation sites is 2. The molecular weight excluding hydrogens is 1110 g/mol.